The van der Waals surface area contributed by atoms with Crippen LogP contribution in [0.1, 0.15) is 85.9 Å². The number of benzene rings is 2. The Morgan fingerprint density at radius 1 is 0.897 bits per heavy atom. The lowest BCUT2D eigenvalue weighted by Gasteiger charge is -2.26. The van der Waals surface area contributed by atoms with Gasteiger partial charge in [-0.1, -0.05) is 45.2 Å². The molecule has 39 heavy (non-hydrogen) atoms. The number of aryl methyl sites for hydroxylation is 1. The standard InChI is InChI=1S/C32H44N4O3/c1-4-6-20-35(21-7-5-2)31(37)26-15-16-28-29(24-26)36(22-12-19-34-17-9-8-10-18-34)30(33-28)25-13-11-14-27(23-25)32(38)39-3/h11,13-16,23-24H,4-10,12,17-22H2,1-3H3. The molecule has 1 aromatic heterocycles. The number of likely N-dealkylation sites (tertiary alicyclic amines) is 1. The highest BCUT2D eigenvalue weighted by Gasteiger charge is 2.20. The zero-order valence-corrected chi connectivity index (χ0v) is 24.0. The van der Waals surface area contributed by atoms with Gasteiger partial charge in [0.2, 0.25) is 0 Å². The first-order valence-corrected chi connectivity index (χ1v) is 14.8. The second-order valence-electron chi connectivity index (χ2n) is 10.6. The van der Waals surface area contributed by atoms with Crippen molar-refractivity contribution in [2.45, 2.75) is 71.8 Å². The van der Waals surface area contributed by atoms with Crippen molar-refractivity contribution in [1.29, 1.82) is 0 Å². The average molecular weight is 533 g/mol. The van der Waals surface area contributed by atoms with Crippen LogP contribution in [-0.2, 0) is 11.3 Å². The average Bonchev–Trinajstić information content (AvgIpc) is 3.35. The molecule has 0 N–H and O–H groups in total. The first kappa shape index (κ1) is 28.8. The van der Waals surface area contributed by atoms with Gasteiger partial charge in [-0.05, 0) is 82.1 Å². The van der Waals surface area contributed by atoms with E-state index in [4.69, 9.17) is 9.72 Å². The predicted octanol–water partition coefficient (Wildman–Crippen LogP) is 6.41. The zero-order valence-electron chi connectivity index (χ0n) is 24.0. The van der Waals surface area contributed by atoms with E-state index in [1.807, 2.05) is 41.3 Å². The van der Waals surface area contributed by atoms with E-state index in [2.05, 4.69) is 23.3 Å². The summed E-state index contributed by atoms with van der Waals surface area (Å²) in [5.41, 5.74) is 3.90. The number of hydrogen-bond acceptors (Lipinski definition) is 5. The molecule has 7 nitrogen and oxygen atoms in total. The topological polar surface area (TPSA) is 67.7 Å². The molecule has 0 spiro atoms. The van der Waals surface area contributed by atoms with E-state index in [0.717, 1.165) is 80.7 Å². The summed E-state index contributed by atoms with van der Waals surface area (Å²) in [5, 5.41) is 0. The van der Waals surface area contributed by atoms with E-state index in [9.17, 15) is 9.59 Å². The van der Waals surface area contributed by atoms with Gasteiger partial charge in [0.25, 0.3) is 5.91 Å². The molecule has 210 valence electrons. The van der Waals surface area contributed by atoms with Gasteiger partial charge in [0.15, 0.2) is 0 Å². The Labute approximate surface area is 233 Å². The van der Waals surface area contributed by atoms with Crippen molar-refractivity contribution in [3.8, 4) is 11.4 Å². The Bertz CT molecular complexity index is 1240. The molecule has 7 heteroatoms. The van der Waals surface area contributed by atoms with Gasteiger partial charge < -0.3 is 19.1 Å². The molecule has 3 aromatic rings. The lowest BCUT2D eigenvalue weighted by Crippen LogP contribution is -2.33. The summed E-state index contributed by atoms with van der Waals surface area (Å²) in [4.78, 5) is 35.4. The van der Waals surface area contributed by atoms with E-state index in [-0.39, 0.29) is 11.9 Å². The second kappa shape index (κ2) is 14.3. The van der Waals surface area contributed by atoms with Crippen LogP contribution in [0, 0.1) is 0 Å². The van der Waals surface area contributed by atoms with E-state index in [0.29, 0.717) is 11.1 Å². The van der Waals surface area contributed by atoms with Crippen molar-refractivity contribution in [2.24, 2.45) is 0 Å². The van der Waals surface area contributed by atoms with Crippen molar-refractivity contribution in [3.05, 3.63) is 53.6 Å². The zero-order chi connectivity index (χ0) is 27.6. The fourth-order valence-corrected chi connectivity index (χ4v) is 5.44. The van der Waals surface area contributed by atoms with Crippen molar-refractivity contribution in [3.63, 3.8) is 0 Å². The van der Waals surface area contributed by atoms with Gasteiger partial charge in [-0.25, -0.2) is 9.78 Å². The van der Waals surface area contributed by atoms with Crippen LogP contribution in [0.15, 0.2) is 42.5 Å². The van der Waals surface area contributed by atoms with Crippen molar-refractivity contribution in [1.82, 2.24) is 19.4 Å². The quantitative estimate of drug-likeness (QED) is 0.238. The smallest absolute Gasteiger partial charge is 0.337 e. The Kier molecular flexibility index (Phi) is 10.5. The Balaban J connectivity index is 1.69. The molecule has 1 amide bonds. The third kappa shape index (κ3) is 7.27. The van der Waals surface area contributed by atoms with E-state index in [1.165, 1.54) is 39.5 Å². The molecule has 0 saturated carbocycles. The molecule has 2 aromatic carbocycles. The Morgan fingerprint density at radius 3 is 2.33 bits per heavy atom. The number of piperidine rings is 1. The van der Waals surface area contributed by atoms with Crippen LogP contribution in [-0.4, -0.2) is 71.1 Å². The van der Waals surface area contributed by atoms with Gasteiger partial charge in [-0.2, -0.15) is 0 Å². The molecular formula is C32H44N4O3. The molecule has 2 heterocycles. The number of aromatic nitrogens is 2. The summed E-state index contributed by atoms with van der Waals surface area (Å²) in [6, 6.07) is 13.4. The van der Waals surface area contributed by atoms with Crippen LogP contribution in [0.25, 0.3) is 22.4 Å². The summed E-state index contributed by atoms with van der Waals surface area (Å²) < 4.78 is 7.19. The highest BCUT2D eigenvalue weighted by molar-refractivity contribution is 5.98. The number of methoxy groups -OCH3 is 1. The van der Waals surface area contributed by atoms with Crippen molar-refractivity contribution < 1.29 is 14.3 Å². The summed E-state index contributed by atoms with van der Waals surface area (Å²) in [6.07, 6.45) is 9.01. The minimum atomic E-state index is -0.364. The minimum absolute atomic E-state index is 0.0918. The first-order valence-electron chi connectivity index (χ1n) is 14.8. The molecule has 1 aliphatic heterocycles. The summed E-state index contributed by atoms with van der Waals surface area (Å²) in [5.74, 6) is 0.540. The van der Waals surface area contributed by atoms with Gasteiger partial charge >= 0.3 is 5.97 Å². The normalized spacial score (nSPS) is 14.0. The maximum atomic E-state index is 13.6. The minimum Gasteiger partial charge on any atom is -0.465 e. The third-order valence-corrected chi connectivity index (χ3v) is 7.69. The molecule has 0 unspecified atom stereocenters. The number of rotatable bonds is 13. The lowest BCUT2D eigenvalue weighted by molar-refractivity contribution is 0.0600. The molecule has 1 fully saturated rings. The molecule has 0 aliphatic carbocycles. The van der Waals surface area contributed by atoms with Crippen LogP contribution in [0.2, 0.25) is 0 Å². The largest absolute Gasteiger partial charge is 0.465 e. The highest BCUT2D eigenvalue weighted by Crippen LogP contribution is 2.28. The summed E-state index contributed by atoms with van der Waals surface area (Å²) in [7, 11) is 1.40. The molecule has 1 saturated heterocycles. The number of hydrogen-bond donors (Lipinski definition) is 0. The van der Waals surface area contributed by atoms with E-state index < -0.39 is 0 Å². The Hall–Kier alpha value is -3.19. The summed E-state index contributed by atoms with van der Waals surface area (Å²) in [6.45, 7) is 10.1. The lowest BCUT2D eigenvalue weighted by atomic mass is 10.1. The second-order valence-corrected chi connectivity index (χ2v) is 10.6. The summed E-state index contributed by atoms with van der Waals surface area (Å²) >= 11 is 0. The molecule has 1 aliphatic rings. The molecular weight excluding hydrogens is 488 g/mol. The van der Waals surface area contributed by atoms with Gasteiger partial charge in [0, 0.05) is 30.8 Å². The maximum absolute atomic E-state index is 13.6. The maximum Gasteiger partial charge on any atom is 0.337 e. The molecule has 4 rings (SSSR count). The van der Waals surface area contributed by atoms with Crippen LogP contribution < -0.4 is 0 Å². The SMILES string of the molecule is CCCCN(CCCC)C(=O)c1ccc2nc(-c3cccc(C(=O)OC)c3)n(CCCN3CCCCC3)c2c1. The van der Waals surface area contributed by atoms with Gasteiger partial charge in [0.1, 0.15) is 5.82 Å². The first-order chi connectivity index (χ1) is 19.0. The van der Waals surface area contributed by atoms with E-state index in [1.54, 1.807) is 6.07 Å². The highest BCUT2D eigenvalue weighted by atomic mass is 16.5. The number of fused-ring (bicyclic) bond motifs is 1. The van der Waals surface area contributed by atoms with Gasteiger partial charge in [-0.15, -0.1) is 0 Å². The number of nitrogens with zero attached hydrogens (tertiary/aromatic N) is 4. The number of amides is 1. The van der Waals surface area contributed by atoms with Crippen LogP contribution >= 0.6 is 0 Å². The number of ether oxygens (including phenoxy) is 1. The molecule has 0 radical (unpaired) electrons. The van der Waals surface area contributed by atoms with Crippen LogP contribution in [0.3, 0.4) is 0 Å². The van der Waals surface area contributed by atoms with Crippen molar-refractivity contribution in [2.75, 3.05) is 39.8 Å². The number of carbonyl (C=O) groups is 2. The fraction of sp³-hybridized carbons (Fsp3) is 0.531. The van der Waals surface area contributed by atoms with Crippen LogP contribution in [0.4, 0.5) is 0 Å². The third-order valence-electron chi connectivity index (χ3n) is 7.69. The van der Waals surface area contributed by atoms with Gasteiger partial charge in [0.05, 0.1) is 23.7 Å². The number of esters is 1. The molecule has 0 bridgehead atoms. The van der Waals surface area contributed by atoms with Gasteiger partial charge in [-0.3, -0.25) is 4.79 Å². The number of imidazole rings is 1. The molecule has 0 atom stereocenters. The van der Waals surface area contributed by atoms with E-state index >= 15 is 0 Å². The van der Waals surface area contributed by atoms with Crippen molar-refractivity contribution >= 4 is 22.9 Å². The predicted molar refractivity (Wildman–Crippen MR) is 157 cm³/mol. The number of carbonyl (C=O) groups excluding carboxylic acids is 2. The fourth-order valence-electron chi connectivity index (χ4n) is 5.44. The van der Waals surface area contributed by atoms with Crippen LogP contribution in [0.5, 0.6) is 0 Å². The number of unbranched alkanes of at least 4 members (excludes halogenated alkanes) is 2. The Morgan fingerprint density at radius 2 is 1.64 bits per heavy atom. The monoisotopic (exact) mass is 532 g/mol.